The minimum Gasteiger partial charge on any atom is -0.501 e. The maximum atomic E-state index is 12.1. The number of aliphatic hydroxyl groups is 1. The van der Waals surface area contributed by atoms with Gasteiger partial charge in [-0.15, -0.1) is 0 Å². The molecular formula is C18H27N3O5. The molecule has 1 aliphatic heterocycles. The Morgan fingerprint density at radius 3 is 2.42 bits per heavy atom. The number of ether oxygens (including phenoxy) is 1. The second kappa shape index (κ2) is 6.90. The summed E-state index contributed by atoms with van der Waals surface area (Å²) in [6, 6.07) is 1.22. The van der Waals surface area contributed by atoms with Crippen molar-refractivity contribution in [3.05, 3.63) is 33.3 Å². The van der Waals surface area contributed by atoms with E-state index >= 15 is 0 Å². The Hall–Kier alpha value is -2.09. The first-order valence-corrected chi connectivity index (χ1v) is 9.13. The van der Waals surface area contributed by atoms with Crippen molar-refractivity contribution in [3.63, 3.8) is 0 Å². The number of hydrogen-bond donors (Lipinski definition) is 1. The van der Waals surface area contributed by atoms with Gasteiger partial charge in [-0.25, -0.2) is 0 Å². The third kappa shape index (κ3) is 3.18. The smallest absolute Gasteiger partial charge is 0.322 e. The van der Waals surface area contributed by atoms with Crippen LogP contribution >= 0.6 is 0 Å². The van der Waals surface area contributed by atoms with E-state index in [0.29, 0.717) is 17.8 Å². The maximum Gasteiger partial charge on any atom is 0.322 e. The number of aliphatic hydroxyl groups excluding tert-OH is 1. The Bertz CT molecular complexity index is 662. The van der Waals surface area contributed by atoms with Crippen LogP contribution in [-0.2, 0) is 9.53 Å². The van der Waals surface area contributed by atoms with Crippen LogP contribution in [0.1, 0.15) is 39.0 Å². The number of nitro groups is 1. The summed E-state index contributed by atoms with van der Waals surface area (Å²) in [5, 5.41) is 22.2. The highest BCUT2D eigenvalue weighted by Crippen LogP contribution is 2.42. The van der Waals surface area contributed by atoms with Crippen LogP contribution in [0.3, 0.4) is 0 Å². The highest BCUT2D eigenvalue weighted by molar-refractivity contribution is 5.80. The van der Waals surface area contributed by atoms with E-state index in [-0.39, 0.29) is 6.42 Å². The summed E-state index contributed by atoms with van der Waals surface area (Å²) in [7, 11) is 3.37. The van der Waals surface area contributed by atoms with Crippen molar-refractivity contribution in [2.75, 3.05) is 27.2 Å². The molecule has 1 unspecified atom stereocenters. The highest BCUT2D eigenvalue weighted by Gasteiger charge is 2.51. The lowest BCUT2D eigenvalue weighted by Gasteiger charge is -2.40. The number of carbonyl (C=O) groups excluding carboxylic acids is 1. The summed E-state index contributed by atoms with van der Waals surface area (Å²) in [4.78, 5) is 27.5. The zero-order chi connectivity index (χ0) is 19.1. The third-order valence-electron chi connectivity index (χ3n) is 6.02. The fraction of sp³-hybridized carbons (Fsp3) is 0.722. The van der Waals surface area contributed by atoms with Gasteiger partial charge in [-0.3, -0.25) is 14.9 Å². The van der Waals surface area contributed by atoms with Crippen LogP contribution in [0.4, 0.5) is 0 Å². The molecule has 1 saturated heterocycles. The molecule has 144 valence electrons. The van der Waals surface area contributed by atoms with E-state index in [2.05, 4.69) is 11.9 Å². The Balaban J connectivity index is 1.77. The molecule has 0 aromatic carbocycles. The lowest BCUT2D eigenvalue weighted by atomic mass is 9.78. The Morgan fingerprint density at radius 2 is 1.92 bits per heavy atom. The Morgan fingerprint density at radius 1 is 1.35 bits per heavy atom. The molecule has 8 heteroatoms. The van der Waals surface area contributed by atoms with Crippen molar-refractivity contribution in [2.24, 2.45) is 5.41 Å². The molecule has 2 fully saturated rings. The predicted octanol–water partition coefficient (Wildman–Crippen LogP) is 2.06. The van der Waals surface area contributed by atoms with E-state index in [1.54, 1.807) is 6.08 Å². The van der Waals surface area contributed by atoms with Gasteiger partial charge in [-0.2, -0.15) is 0 Å². The van der Waals surface area contributed by atoms with Gasteiger partial charge >= 0.3 is 11.7 Å². The van der Waals surface area contributed by atoms with Gasteiger partial charge in [0.1, 0.15) is 0 Å². The molecule has 0 radical (unpaired) electrons. The van der Waals surface area contributed by atoms with Gasteiger partial charge in [0.05, 0.1) is 17.7 Å². The average Bonchev–Trinajstić information content (AvgIpc) is 3.45. The zero-order valence-corrected chi connectivity index (χ0v) is 15.6. The van der Waals surface area contributed by atoms with Crippen molar-refractivity contribution in [3.8, 4) is 0 Å². The summed E-state index contributed by atoms with van der Waals surface area (Å²) in [5.41, 5.74) is -1.49. The van der Waals surface area contributed by atoms with Crippen molar-refractivity contribution in [1.82, 2.24) is 9.80 Å². The van der Waals surface area contributed by atoms with Crippen LogP contribution in [0.15, 0.2) is 23.2 Å². The molecule has 0 bridgehead atoms. The van der Waals surface area contributed by atoms with E-state index in [9.17, 15) is 20.0 Å². The molecule has 0 aromatic rings. The van der Waals surface area contributed by atoms with E-state index in [1.807, 2.05) is 4.90 Å². The minimum absolute atomic E-state index is 0.136. The summed E-state index contributed by atoms with van der Waals surface area (Å²) in [6.45, 7) is 2.91. The zero-order valence-electron chi connectivity index (χ0n) is 15.6. The normalized spacial score (nSPS) is 27.5. The maximum absolute atomic E-state index is 12.1. The number of esters is 1. The lowest BCUT2D eigenvalue weighted by molar-refractivity contribution is -0.441. The second-order valence-electron chi connectivity index (χ2n) is 7.69. The summed E-state index contributed by atoms with van der Waals surface area (Å²) in [5.74, 6) is -1.13. The standard InChI is InChI=1S/C18H27N3O5/c1-18(17(23)26-3)9-6-14(15(22)16(18)21(24)25)20-10-7-13(8-11-20)19(2)12-4-5-12/h6,12-13,22H,4-5,7-11H2,1-3H3. The molecule has 0 spiro atoms. The van der Waals surface area contributed by atoms with Crippen molar-refractivity contribution in [1.29, 1.82) is 0 Å². The van der Waals surface area contributed by atoms with Gasteiger partial charge in [0.15, 0.2) is 5.41 Å². The summed E-state index contributed by atoms with van der Waals surface area (Å²) < 4.78 is 4.73. The predicted molar refractivity (Wildman–Crippen MR) is 94.9 cm³/mol. The first-order valence-electron chi connectivity index (χ1n) is 9.13. The quantitative estimate of drug-likeness (QED) is 0.452. The van der Waals surface area contributed by atoms with Crippen LogP contribution in [0.5, 0.6) is 0 Å². The van der Waals surface area contributed by atoms with Crippen molar-refractivity contribution < 1.29 is 19.6 Å². The topological polar surface area (TPSA) is 96.2 Å². The highest BCUT2D eigenvalue weighted by atomic mass is 16.6. The molecule has 3 rings (SSSR count). The molecule has 0 amide bonds. The first-order chi connectivity index (χ1) is 12.3. The molecule has 3 aliphatic rings. The van der Waals surface area contributed by atoms with Gasteiger partial charge in [-0.05, 0) is 46.1 Å². The monoisotopic (exact) mass is 365 g/mol. The minimum atomic E-state index is -1.48. The number of piperidine rings is 1. The van der Waals surface area contributed by atoms with Gasteiger partial charge in [0.25, 0.3) is 0 Å². The second-order valence-corrected chi connectivity index (χ2v) is 7.69. The SMILES string of the molecule is COC(=O)C1(C)CC=C(N2CCC(N(C)C3CC3)CC2)C(O)=C1[N+](=O)[O-]. The fourth-order valence-electron chi connectivity index (χ4n) is 4.14. The van der Waals surface area contributed by atoms with E-state index < -0.39 is 27.8 Å². The van der Waals surface area contributed by atoms with E-state index in [4.69, 9.17) is 4.74 Å². The Kier molecular flexibility index (Phi) is 4.96. The summed E-state index contributed by atoms with van der Waals surface area (Å²) in [6.07, 6.45) is 6.31. The number of methoxy groups -OCH3 is 1. The molecule has 1 atom stereocenters. The van der Waals surface area contributed by atoms with E-state index in [0.717, 1.165) is 25.9 Å². The molecule has 1 saturated carbocycles. The van der Waals surface area contributed by atoms with Crippen LogP contribution in [0.2, 0.25) is 0 Å². The molecule has 0 aromatic heterocycles. The number of likely N-dealkylation sites (tertiary alicyclic amines) is 1. The van der Waals surface area contributed by atoms with Crippen LogP contribution in [0, 0.1) is 15.5 Å². The van der Waals surface area contributed by atoms with Crippen LogP contribution in [-0.4, -0.2) is 65.1 Å². The molecule has 26 heavy (non-hydrogen) atoms. The number of carbonyl (C=O) groups is 1. The van der Waals surface area contributed by atoms with Crippen LogP contribution in [0.25, 0.3) is 0 Å². The van der Waals surface area contributed by atoms with Gasteiger partial charge < -0.3 is 19.6 Å². The molecule has 8 nitrogen and oxygen atoms in total. The molecule has 1 N–H and O–H groups in total. The number of rotatable bonds is 5. The number of allylic oxidation sites excluding steroid dienone is 1. The van der Waals surface area contributed by atoms with Gasteiger partial charge in [-0.1, -0.05) is 6.08 Å². The lowest BCUT2D eigenvalue weighted by Crippen LogP contribution is -2.45. The molecular weight excluding hydrogens is 338 g/mol. The van der Waals surface area contributed by atoms with Gasteiger partial charge in [0.2, 0.25) is 5.76 Å². The van der Waals surface area contributed by atoms with Gasteiger partial charge in [0, 0.05) is 25.2 Å². The number of nitrogens with zero attached hydrogens (tertiary/aromatic N) is 3. The number of hydrogen-bond acceptors (Lipinski definition) is 7. The van der Waals surface area contributed by atoms with Crippen molar-refractivity contribution >= 4 is 5.97 Å². The first kappa shape index (κ1) is 18.7. The third-order valence-corrected chi connectivity index (χ3v) is 6.02. The van der Waals surface area contributed by atoms with E-state index in [1.165, 1.54) is 26.9 Å². The van der Waals surface area contributed by atoms with Crippen molar-refractivity contribution in [2.45, 2.75) is 51.1 Å². The fourth-order valence-corrected chi connectivity index (χ4v) is 4.14. The Labute approximate surface area is 153 Å². The average molecular weight is 365 g/mol. The molecule has 2 aliphatic carbocycles. The largest absolute Gasteiger partial charge is 0.501 e. The van der Waals surface area contributed by atoms with Crippen LogP contribution < -0.4 is 0 Å². The summed E-state index contributed by atoms with van der Waals surface area (Å²) >= 11 is 0. The molecule has 1 heterocycles.